The third-order valence-electron chi connectivity index (χ3n) is 1.74. The molecule has 1 aliphatic heterocycles. The van der Waals surface area contributed by atoms with Crippen LogP contribution in [0.15, 0.2) is 49.4 Å². The van der Waals surface area contributed by atoms with Crippen molar-refractivity contribution in [3.05, 3.63) is 49.4 Å². The van der Waals surface area contributed by atoms with Gasteiger partial charge in [0.05, 0.1) is 6.54 Å². The minimum Gasteiger partial charge on any atom is -0.382 e. The third kappa shape index (κ3) is 3.31. The second kappa shape index (κ2) is 5.80. The molecule has 1 amide bonds. The number of carbonyl (C=O) groups is 1. The smallest absolute Gasteiger partial charge is 0.246 e. The minimum atomic E-state index is 0.0549. The number of amides is 1. The lowest BCUT2D eigenvalue weighted by molar-refractivity contribution is -0.127. The van der Waals surface area contributed by atoms with Crippen molar-refractivity contribution in [2.75, 3.05) is 13.1 Å². The lowest BCUT2D eigenvalue weighted by Gasteiger charge is -2.18. The number of hydrogen-bond acceptors (Lipinski definition) is 2. The van der Waals surface area contributed by atoms with E-state index in [0.29, 0.717) is 13.1 Å². The molecule has 0 atom stereocenters. The zero-order chi connectivity index (χ0) is 10.2. The van der Waals surface area contributed by atoms with Gasteiger partial charge in [-0.25, -0.2) is 0 Å². The van der Waals surface area contributed by atoms with E-state index in [1.807, 2.05) is 18.2 Å². The topological polar surface area (TPSA) is 32.3 Å². The molecule has 0 aromatic heterocycles. The Morgan fingerprint density at radius 2 is 2.43 bits per heavy atom. The van der Waals surface area contributed by atoms with Crippen molar-refractivity contribution >= 4 is 5.91 Å². The Balaban J connectivity index is 2.28. The van der Waals surface area contributed by atoms with Gasteiger partial charge in [0.1, 0.15) is 0 Å². The summed E-state index contributed by atoms with van der Waals surface area (Å²) in [5, 5.41) is 2.88. The molecule has 0 aromatic carbocycles. The first-order valence-corrected chi connectivity index (χ1v) is 4.48. The van der Waals surface area contributed by atoms with Crippen LogP contribution in [0, 0.1) is 0 Å². The van der Waals surface area contributed by atoms with Crippen LogP contribution in [-0.4, -0.2) is 23.9 Å². The van der Waals surface area contributed by atoms with Crippen molar-refractivity contribution in [1.29, 1.82) is 0 Å². The summed E-state index contributed by atoms with van der Waals surface area (Å²) in [6.07, 6.45) is 12.6. The van der Waals surface area contributed by atoms with Gasteiger partial charge in [0.2, 0.25) is 5.91 Å². The van der Waals surface area contributed by atoms with Crippen molar-refractivity contribution in [2.45, 2.75) is 0 Å². The Bertz CT molecular complexity index is 290. The Hall–Kier alpha value is -1.77. The number of allylic oxidation sites excluding steroid dienone is 4. The fourth-order valence-electron chi connectivity index (χ4n) is 1.04. The second-order valence-corrected chi connectivity index (χ2v) is 2.79. The largest absolute Gasteiger partial charge is 0.382 e. The zero-order valence-electron chi connectivity index (χ0n) is 8.02. The minimum absolute atomic E-state index is 0.0549. The van der Waals surface area contributed by atoms with E-state index in [2.05, 4.69) is 11.9 Å². The van der Waals surface area contributed by atoms with E-state index in [-0.39, 0.29) is 5.91 Å². The monoisotopic (exact) mass is 190 g/mol. The molecular formula is C11H14N2O. The lowest BCUT2D eigenvalue weighted by atomic mass is 10.3. The summed E-state index contributed by atoms with van der Waals surface area (Å²) >= 11 is 0. The molecule has 0 unspecified atom stereocenters. The Morgan fingerprint density at radius 1 is 1.57 bits per heavy atom. The van der Waals surface area contributed by atoms with Crippen LogP contribution in [0.4, 0.5) is 0 Å². The molecule has 0 saturated carbocycles. The van der Waals surface area contributed by atoms with Crippen LogP contribution < -0.4 is 5.32 Å². The maximum Gasteiger partial charge on any atom is 0.246 e. The van der Waals surface area contributed by atoms with Crippen LogP contribution in [0.25, 0.3) is 0 Å². The van der Waals surface area contributed by atoms with Gasteiger partial charge < -0.3 is 10.2 Å². The summed E-state index contributed by atoms with van der Waals surface area (Å²) in [6.45, 7) is 4.49. The predicted octanol–water partition coefficient (Wildman–Crippen LogP) is 1.19. The molecule has 0 radical (unpaired) electrons. The van der Waals surface area contributed by atoms with E-state index >= 15 is 0 Å². The van der Waals surface area contributed by atoms with Gasteiger partial charge in [-0.05, 0) is 18.4 Å². The Labute approximate surface area is 84.1 Å². The van der Waals surface area contributed by atoms with Gasteiger partial charge in [-0.3, -0.25) is 4.79 Å². The van der Waals surface area contributed by atoms with E-state index in [4.69, 9.17) is 0 Å². The van der Waals surface area contributed by atoms with Crippen molar-refractivity contribution in [1.82, 2.24) is 10.2 Å². The summed E-state index contributed by atoms with van der Waals surface area (Å²) in [4.78, 5) is 13.1. The van der Waals surface area contributed by atoms with Crippen molar-refractivity contribution in [3.8, 4) is 0 Å². The number of hydrogen-bond donors (Lipinski definition) is 1. The normalized spacial score (nSPS) is 14.7. The van der Waals surface area contributed by atoms with Gasteiger partial charge in [0, 0.05) is 12.7 Å². The Kier molecular flexibility index (Phi) is 4.27. The van der Waals surface area contributed by atoms with Gasteiger partial charge in [-0.1, -0.05) is 24.8 Å². The number of nitrogens with one attached hydrogen (secondary N) is 1. The molecule has 0 fully saturated rings. The van der Waals surface area contributed by atoms with Crippen LogP contribution in [0.2, 0.25) is 0 Å². The Morgan fingerprint density at radius 3 is 3.07 bits per heavy atom. The van der Waals surface area contributed by atoms with Crippen LogP contribution in [0.3, 0.4) is 0 Å². The van der Waals surface area contributed by atoms with Gasteiger partial charge in [-0.2, -0.15) is 0 Å². The number of carbonyl (C=O) groups excluding carboxylic acids is 1. The first kappa shape index (κ1) is 10.3. The molecule has 0 bridgehead atoms. The molecule has 3 nitrogen and oxygen atoms in total. The SMILES string of the molecule is C=C/C=C\NCC(=O)N1C=CC=CC1. The van der Waals surface area contributed by atoms with Gasteiger partial charge in [0.25, 0.3) is 0 Å². The molecular weight excluding hydrogens is 176 g/mol. The van der Waals surface area contributed by atoms with E-state index in [1.165, 1.54) is 0 Å². The number of nitrogens with zero attached hydrogens (tertiary/aromatic N) is 1. The highest BCUT2D eigenvalue weighted by molar-refractivity contribution is 5.79. The summed E-state index contributed by atoms with van der Waals surface area (Å²) in [5.74, 6) is 0.0549. The van der Waals surface area contributed by atoms with Gasteiger partial charge >= 0.3 is 0 Å². The molecule has 1 rings (SSSR count). The van der Waals surface area contributed by atoms with Gasteiger partial charge in [0.15, 0.2) is 0 Å². The van der Waals surface area contributed by atoms with Crippen molar-refractivity contribution in [2.24, 2.45) is 0 Å². The fourth-order valence-corrected chi connectivity index (χ4v) is 1.04. The molecule has 1 aliphatic rings. The lowest BCUT2D eigenvalue weighted by Crippen LogP contribution is -2.33. The third-order valence-corrected chi connectivity index (χ3v) is 1.74. The van der Waals surface area contributed by atoms with Crippen molar-refractivity contribution in [3.63, 3.8) is 0 Å². The van der Waals surface area contributed by atoms with E-state index in [1.54, 1.807) is 29.5 Å². The maximum absolute atomic E-state index is 11.5. The van der Waals surface area contributed by atoms with E-state index in [9.17, 15) is 4.79 Å². The quantitative estimate of drug-likeness (QED) is 0.675. The highest BCUT2D eigenvalue weighted by Gasteiger charge is 2.08. The highest BCUT2D eigenvalue weighted by Crippen LogP contribution is 1.97. The van der Waals surface area contributed by atoms with E-state index in [0.717, 1.165) is 0 Å². The molecule has 0 aliphatic carbocycles. The summed E-state index contributed by atoms with van der Waals surface area (Å²) in [5.41, 5.74) is 0. The van der Waals surface area contributed by atoms with Gasteiger partial charge in [-0.15, -0.1) is 0 Å². The second-order valence-electron chi connectivity index (χ2n) is 2.79. The number of rotatable bonds is 4. The highest BCUT2D eigenvalue weighted by atomic mass is 16.2. The molecule has 1 N–H and O–H groups in total. The summed E-state index contributed by atoms with van der Waals surface area (Å²) in [7, 11) is 0. The first-order valence-electron chi connectivity index (χ1n) is 4.48. The molecule has 0 spiro atoms. The van der Waals surface area contributed by atoms with E-state index < -0.39 is 0 Å². The average molecular weight is 190 g/mol. The summed E-state index contributed by atoms with van der Waals surface area (Å²) < 4.78 is 0. The predicted molar refractivity (Wildman–Crippen MR) is 57.3 cm³/mol. The summed E-state index contributed by atoms with van der Waals surface area (Å²) in [6, 6.07) is 0. The molecule has 0 aromatic rings. The maximum atomic E-state index is 11.5. The molecule has 14 heavy (non-hydrogen) atoms. The average Bonchev–Trinajstić information content (AvgIpc) is 2.25. The molecule has 3 heteroatoms. The van der Waals surface area contributed by atoms with Crippen LogP contribution in [-0.2, 0) is 4.79 Å². The van der Waals surface area contributed by atoms with Crippen LogP contribution in [0.1, 0.15) is 0 Å². The van der Waals surface area contributed by atoms with Crippen LogP contribution in [0.5, 0.6) is 0 Å². The first-order chi connectivity index (χ1) is 6.84. The molecule has 74 valence electrons. The zero-order valence-corrected chi connectivity index (χ0v) is 8.02. The van der Waals surface area contributed by atoms with Crippen molar-refractivity contribution < 1.29 is 4.79 Å². The van der Waals surface area contributed by atoms with Crippen LogP contribution >= 0.6 is 0 Å². The molecule has 1 heterocycles. The fraction of sp³-hybridized carbons (Fsp3) is 0.182. The standard InChI is InChI=1S/C11H14N2O/c1-2-3-7-12-10-11(14)13-8-5-4-6-9-13/h2-8,12H,1,9-10H2/b7-3-. The molecule has 0 saturated heterocycles.